The van der Waals surface area contributed by atoms with Gasteiger partial charge >= 0.3 is 0 Å². The van der Waals surface area contributed by atoms with Crippen molar-refractivity contribution in [3.8, 4) is 0 Å². The molecule has 1 atom stereocenters. The summed E-state index contributed by atoms with van der Waals surface area (Å²) in [6.45, 7) is 4.45. The van der Waals surface area contributed by atoms with Gasteiger partial charge in [0.25, 0.3) is 0 Å². The molecule has 1 saturated heterocycles. The number of ether oxygens (including phenoxy) is 1. The number of hydrogen-bond donors (Lipinski definition) is 0. The molecule has 1 aromatic heterocycles. The van der Waals surface area contributed by atoms with Gasteiger partial charge < -0.3 is 9.64 Å². The van der Waals surface area contributed by atoms with Crippen molar-refractivity contribution in [1.29, 1.82) is 0 Å². The second kappa shape index (κ2) is 7.19. The topological polar surface area (TPSA) is 37.7 Å². The zero-order chi connectivity index (χ0) is 15.6. The van der Waals surface area contributed by atoms with Crippen LogP contribution in [0.4, 0.5) is 0 Å². The third-order valence-corrected chi connectivity index (χ3v) is 7.74. The Hall–Kier alpha value is -0.470. The van der Waals surface area contributed by atoms with Gasteiger partial charge in [-0.05, 0) is 18.2 Å². The number of aromatic nitrogens is 1. The van der Waals surface area contributed by atoms with E-state index in [1.165, 1.54) is 9.87 Å². The molecule has 2 aromatic rings. The highest BCUT2D eigenvalue weighted by molar-refractivity contribution is 8.15. The molecule has 0 aliphatic carbocycles. The summed E-state index contributed by atoms with van der Waals surface area (Å²) in [5.41, 5.74) is 0.995. The molecule has 1 unspecified atom stereocenters. The molecule has 23 heavy (non-hydrogen) atoms. The Bertz CT molecular complexity index is 730. The largest absolute Gasteiger partial charge is 0.378 e. The Morgan fingerprint density at radius 2 is 2.22 bits per heavy atom. The lowest BCUT2D eigenvalue weighted by Gasteiger charge is -2.28. The van der Waals surface area contributed by atoms with E-state index in [1.54, 1.807) is 11.3 Å². The van der Waals surface area contributed by atoms with E-state index in [0.717, 1.165) is 53.5 Å². The summed E-state index contributed by atoms with van der Waals surface area (Å²) in [7, 11) is 0. The van der Waals surface area contributed by atoms with E-state index in [-0.39, 0.29) is 0 Å². The van der Waals surface area contributed by atoms with Crippen LogP contribution in [0.15, 0.2) is 27.5 Å². The predicted molar refractivity (Wildman–Crippen MR) is 101 cm³/mol. The van der Waals surface area contributed by atoms with E-state index in [0.29, 0.717) is 5.25 Å². The number of rotatable bonds is 3. The minimum atomic E-state index is 0.536. The van der Waals surface area contributed by atoms with Crippen molar-refractivity contribution in [2.75, 3.05) is 38.6 Å². The number of morpholine rings is 1. The lowest BCUT2D eigenvalue weighted by Crippen LogP contribution is -2.39. The highest BCUT2D eigenvalue weighted by Crippen LogP contribution is 2.34. The first-order chi connectivity index (χ1) is 11.3. The van der Waals surface area contributed by atoms with Crippen LogP contribution in [0.3, 0.4) is 0 Å². The molecule has 122 valence electrons. The van der Waals surface area contributed by atoms with Crippen molar-refractivity contribution >= 4 is 61.8 Å². The Balaban J connectivity index is 1.32. The van der Waals surface area contributed by atoms with Gasteiger partial charge in [0.05, 0.1) is 30.0 Å². The van der Waals surface area contributed by atoms with Crippen molar-refractivity contribution < 1.29 is 4.74 Å². The van der Waals surface area contributed by atoms with Gasteiger partial charge in [0.2, 0.25) is 0 Å². The highest BCUT2D eigenvalue weighted by Gasteiger charge is 2.25. The van der Waals surface area contributed by atoms with Crippen LogP contribution >= 0.6 is 46.5 Å². The van der Waals surface area contributed by atoms with Crippen molar-refractivity contribution in [3.05, 3.63) is 23.2 Å². The summed E-state index contributed by atoms with van der Waals surface area (Å²) in [6, 6.07) is 5.90. The molecule has 4 nitrogen and oxygen atoms in total. The number of amidine groups is 1. The van der Waals surface area contributed by atoms with E-state index in [1.807, 2.05) is 41.7 Å². The summed E-state index contributed by atoms with van der Waals surface area (Å²) < 4.78 is 7.71. The van der Waals surface area contributed by atoms with E-state index in [2.05, 4.69) is 9.88 Å². The van der Waals surface area contributed by atoms with E-state index < -0.39 is 0 Å². The molecular weight excluding hydrogens is 370 g/mol. The third kappa shape index (κ3) is 3.79. The second-order valence-corrected chi connectivity index (χ2v) is 9.37. The molecule has 0 N–H and O–H groups in total. The molecule has 4 rings (SSSR count). The summed E-state index contributed by atoms with van der Waals surface area (Å²) in [4.78, 5) is 11.7. The number of aliphatic imine (C=N–C) groups is 1. The summed E-state index contributed by atoms with van der Waals surface area (Å²) >= 11 is 11.5. The van der Waals surface area contributed by atoms with Crippen LogP contribution < -0.4 is 0 Å². The van der Waals surface area contributed by atoms with Crippen LogP contribution in [-0.2, 0) is 4.74 Å². The highest BCUT2D eigenvalue weighted by atomic mass is 35.5. The van der Waals surface area contributed by atoms with E-state index in [4.69, 9.17) is 21.3 Å². The SMILES string of the molecule is Clc1ccc2sc(SCC3CN=C(N4CCOCC4)S3)nc2c1. The third-order valence-electron chi connectivity index (χ3n) is 3.71. The van der Waals surface area contributed by atoms with Crippen LogP contribution in [0.2, 0.25) is 5.02 Å². The Morgan fingerprint density at radius 3 is 3.09 bits per heavy atom. The standard InChI is InChI=1S/C15H16ClN3OS3/c16-10-1-2-13-12(7-10)18-15(23-13)21-9-11-8-17-14(22-11)19-3-5-20-6-4-19/h1-2,7,11H,3-6,8-9H2. The van der Waals surface area contributed by atoms with Gasteiger partial charge in [0.1, 0.15) is 0 Å². The molecule has 2 aliphatic heterocycles. The lowest BCUT2D eigenvalue weighted by molar-refractivity contribution is 0.0693. The summed E-state index contributed by atoms with van der Waals surface area (Å²) in [6.07, 6.45) is 0. The summed E-state index contributed by atoms with van der Waals surface area (Å²) in [5, 5.41) is 2.47. The molecule has 3 heterocycles. The molecule has 1 aromatic carbocycles. The number of halogens is 1. The van der Waals surface area contributed by atoms with Crippen molar-refractivity contribution in [1.82, 2.24) is 9.88 Å². The molecular formula is C15H16ClN3OS3. The fraction of sp³-hybridized carbons (Fsp3) is 0.467. The average molecular weight is 386 g/mol. The van der Waals surface area contributed by atoms with Crippen molar-refractivity contribution in [2.45, 2.75) is 9.59 Å². The maximum Gasteiger partial charge on any atom is 0.159 e. The van der Waals surface area contributed by atoms with Gasteiger partial charge in [0, 0.05) is 29.1 Å². The Morgan fingerprint density at radius 1 is 1.35 bits per heavy atom. The number of thioether (sulfide) groups is 2. The minimum absolute atomic E-state index is 0.536. The van der Waals surface area contributed by atoms with Gasteiger partial charge in [-0.3, -0.25) is 4.99 Å². The van der Waals surface area contributed by atoms with Crippen LogP contribution in [0, 0.1) is 0 Å². The first-order valence-electron chi connectivity index (χ1n) is 7.50. The number of thiazole rings is 1. The van der Waals surface area contributed by atoms with Crippen LogP contribution in [0.25, 0.3) is 10.2 Å². The molecule has 0 amide bonds. The first kappa shape index (κ1) is 16.0. The quantitative estimate of drug-likeness (QED) is 0.750. The smallest absolute Gasteiger partial charge is 0.159 e. The minimum Gasteiger partial charge on any atom is -0.378 e. The number of hydrogen-bond acceptors (Lipinski definition) is 7. The molecule has 0 radical (unpaired) electrons. The number of nitrogens with zero attached hydrogens (tertiary/aromatic N) is 3. The van der Waals surface area contributed by atoms with Gasteiger partial charge in [0.15, 0.2) is 9.51 Å². The van der Waals surface area contributed by atoms with Gasteiger partial charge in [-0.15, -0.1) is 11.3 Å². The fourth-order valence-corrected chi connectivity index (χ4v) is 6.08. The molecule has 0 saturated carbocycles. The predicted octanol–water partition coefficient (Wildman–Crippen LogP) is 3.85. The monoisotopic (exact) mass is 385 g/mol. The maximum absolute atomic E-state index is 6.02. The Labute approximate surface area is 152 Å². The van der Waals surface area contributed by atoms with Crippen LogP contribution in [0.1, 0.15) is 0 Å². The van der Waals surface area contributed by atoms with Gasteiger partial charge in [-0.2, -0.15) is 0 Å². The first-order valence-corrected chi connectivity index (χ1v) is 10.6. The molecule has 8 heteroatoms. The molecule has 0 spiro atoms. The Kier molecular flexibility index (Phi) is 5.01. The zero-order valence-corrected chi connectivity index (χ0v) is 15.6. The number of fused-ring (bicyclic) bond motifs is 1. The maximum atomic E-state index is 6.02. The van der Waals surface area contributed by atoms with Crippen LogP contribution in [-0.4, -0.2) is 58.9 Å². The van der Waals surface area contributed by atoms with Crippen LogP contribution in [0.5, 0.6) is 0 Å². The fourth-order valence-electron chi connectivity index (χ4n) is 2.52. The number of benzene rings is 1. The summed E-state index contributed by atoms with van der Waals surface area (Å²) in [5.74, 6) is 1.04. The zero-order valence-electron chi connectivity index (χ0n) is 12.4. The average Bonchev–Trinajstić information content (AvgIpc) is 3.20. The van der Waals surface area contributed by atoms with Crippen molar-refractivity contribution in [2.24, 2.45) is 4.99 Å². The molecule has 0 bridgehead atoms. The van der Waals surface area contributed by atoms with Gasteiger partial charge in [-0.25, -0.2) is 4.98 Å². The molecule has 1 fully saturated rings. The molecule has 2 aliphatic rings. The van der Waals surface area contributed by atoms with Crippen molar-refractivity contribution in [3.63, 3.8) is 0 Å². The second-order valence-electron chi connectivity index (χ2n) is 5.37. The normalized spacial score (nSPS) is 21.9. The van der Waals surface area contributed by atoms with E-state index in [9.17, 15) is 0 Å². The van der Waals surface area contributed by atoms with E-state index >= 15 is 0 Å². The van der Waals surface area contributed by atoms with Gasteiger partial charge in [-0.1, -0.05) is 35.1 Å². The lowest BCUT2D eigenvalue weighted by atomic mass is 10.3.